The van der Waals surface area contributed by atoms with Crippen molar-refractivity contribution in [3.63, 3.8) is 0 Å². The average molecular weight is 327 g/mol. The van der Waals surface area contributed by atoms with Gasteiger partial charge in [0.1, 0.15) is 5.75 Å². The highest BCUT2D eigenvalue weighted by Crippen LogP contribution is 2.16. The van der Waals surface area contributed by atoms with E-state index in [1.807, 2.05) is 45.0 Å². The third-order valence-electron chi connectivity index (χ3n) is 3.47. The summed E-state index contributed by atoms with van der Waals surface area (Å²) in [5.41, 5.74) is 8.53. The number of urea groups is 1. The predicted octanol–water partition coefficient (Wildman–Crippen LogP) is 2.84. The summed E-state index contributed by atoms with van der Waals surface area (Å²) < 4.78 is 5.38. The summed E-state index contributed by atoms with van der Waals surface area (Å²) in [7, 11) is 0. The fourth-order valence-corrected chi connectivity index (χ4v) is 1.91. The molecule has 6 nitrogen and oxygen atoms in total. The van der Waals surface area contributed by atoms with Crippen molar-refractivity contribution in [1.29, 1.82) is 0 Å². The number of aryl methyl sites for hydroxylation is 3. The van der Waals surface area contributed by atoms with Crippen LogP contribution < -0.4 is 20.9 Å². The summed E-state index contributed by atoms with van der Waals surface area (Å²) >= 11 is 0. The molecule has 3 N–H and O–H groups in total. The Morgan fingerprint density at radius 3 is 2.29 bits per heavy atom. The van der Waals surface area contributed by atoms with Gasteiger partial charge in [-0.25, -0.2) is 10.2 Å². The normalized spacial score (nSPS) is 9.96. The molecule has 0 bridgehead atoms. The summed E-state index contributed by atoms with van der Waals surface area (Å²) in [6.45, 7) is 5.74. The van der Waals surface area contributed by atoms with E-state index in [0.717, 1.165) is 16.7 Å². The van der Waals surface area contributed by atoms with Gasteiger partial charge in [-0.3, -0.25) is 10.2 Å². The molecule has 0 atom stereocenters. The number of hydrazine groups is 1. The van der Waals surface area contributed by atoms with Crippen LogP contribution in [-0.4, -0.2) is 18.5 Å². The molecule has 0 aromatic heterocycles. The topological polar surface area (TPSA) is 79.5 Å². The van der Waals surface area contributed by atoms with Crippen molar-refractivity contribution >= 4 is 17.6 Å². The second kappa shape index (κ2) is 8.01. The van der Waals surface area contributed by atoms with Crippen molar-refractivity contribution in [3.8, 4) is 5.75 Å². The molecule has 24 heavy (non-hydrogen) atoms. The molecule has 3 amide bonds. The van der Waals surface area contributed by atoms with Crippen LogP contribution in [0, 0.1) is 20.8 Å². The van der Waals surface area contributed by atoms with Crippen LogP contribution in [0.4, 0.5) is 10.5 Å². The van der Waals surface area contributed by atoms with Gasteiger partial charge in [-0.15, -0.1) is 0 Å². The number of anilines is 1. The van der Waals surface area contributed by atoms with E-state index in [0.29, 0.717) is 11.4 Å². The van der Waals surface area contributed by atoms with E-state index in [4.69, 9.17) is 4.74 Å². The highest BCUT2D eigenvalue weighted by atomic mass is 16.5. The molecule has 0 saturated carbocycles. The molecule has 0 aliphatic rings. The van der Waals surface area contributed by atoms with E-state index in [9.17, 15) is 9.59 Å². The zero-order valence-electron chi connectivity index (χ0n) is 14.0. The number of carbonyl (C=O) groups excluding carboxylic acids is 2. The maximum absolute atomic E-state index is 11.7. The van der Waals surface area contributed by atoms with Crippen LogP contribution in [0.5, 0.6) is 5.75 Å². The first-order chi connectivity index (χ1) is 11.4. The zero-order chi connectivity index (χ0) is 17.5. The lowest BCUT2D eigenvalue weighted by Crippen LogP contribution is -2.45. The summed E-state index contributed by atoms with van der Waals surface area (Å²) in [5.74, 6) is 0.157. The molecule has 126 valence electrons. The molecule has 0 aliphatic heterocycles. The third-order valence-corrected chi connectivity index (χ3v) is 3.47. The van der Waals surface area contributed by atoms with Crippen LogP contribution in [0.2, 0.25) is 0 Å². The van der Waals surface area contributed by atoms with Crippen molar-refractivity contribution in [2.45, 2.75) is 20.8 Å². The number of rotatable bonds is 4. The monoisotopic (exact) mass is 327 g/mol. The largest absolute Gasteiger partial charge is 0.484 e. The maximum Gasteiger partial charge on any atom is 0.337 e. The second-order valence-electron chi connectivity index (χ2n) is 5.53. The van der Waals surface area contributed by atoms with E-state index in [-0.39, 0.29) is 6.61 Å². The Bertz CT molecular complexity index is 727. The first-order valence-corrected chi connectivity index (χ1v) is 7.56. The molecule has 2 aromatic rings. The number of nitrogens with one attached hydrogen (secondary N) is 3. The van der Waals surface area contributed by atoms with Gasteiger partial charge >= 0.3 is 6.03 Å². The maximum atomic E-state index is 11.7. The number of hydrogen-bond donors (Lipinski definition) is 3. The number of carbonyl (C=O) groups is 2. The van der Waals surface area contributed by atoms with Gasteiger partial charge < -0.3 is 10.1 Å². The Hall–Kier alpha value is -3.02. The molecule has 0 heterocycles. The van der Waals surface area contributed by atoms with E-state index in [1.54, 1.807) is 18.2 Å². The quantitative estimate of drug-likeness (QED) is 0.756. The molecule has 2 rings (SSSR count). The minimum atomic E-state index is -0.529. The van der Waals surface area contributed by atoms with Gasteiger partial charge in [-0.1, -0.05) is 23.8 Å². The van der Waals surface area contributed by atoms with Crippen molar-refractivity contribution < 1.29 is 14.3 Å². The fourth-order valence-electron chi connectivity index (χ4n) is 1.91. The van der Waals surface area contributed by atoms with Gasteiger partial charge in [0.25, 0.3) is 5.91 Å². The van der Waals surface area contributed by atoms with Gasteiger partial charge in [0.05, 0.1) is 0 Å². The van der Waals surface area contributed by atoms with Gasteiger partial charge in [0.15, 0.2) is 6.61 Å². The molecular formula is C18H21N3O3. The average Bonchev–Trinajstić information content (AvgIpc) is 2.56. The number of hydrogen-bond acceptors (Lipinski definition) is 3. The zero-order valence-corrected chi connectivity index (χ0v) is 14.0. The SMILES string of the molecule is Cc1ccc(NC(=O)NNC(=O)COc2ccc(C)c(C)c2)cc1. The Morgan fingerprint density at radius 1 is 0.917 bits per heavy atom. The molecule has 0 spiro atoms. The lowest BCUT2D eigenvalue weighted by molar-refractivity contribution is -0.123. The molecule has 2 aromatic carbocycles. The van der Waals surface area contributed by atoms with E-state index < -0.39 is 11.9 Å². The van der Waals surface area contributed by atoms with Gasteiger partial charge in [-0.2, -0.15) is 0 Å². The number of benzene rings is 2. The smallest absolute Gasteiger partial charge is 0.337 e. The van der Waals surface area contributed by atoms with Gasteiger partial charge in [0, 0.05) is 5.69 Å². The molecule has 0 saturated heterocycles. The predicted molar refractivity (Wildman–Crippen MR) is 92.9 cm³/mol. The van der Waals surface area contributed by atoms with Gasteiger partial charge in [-0.05, 0) is 56.2 Å². The Kier molecular flexibility index (Phi) is 5.78. The first-order valence-electron chi connectivity index (χ1n) is 7.56. The van der Waals surface area contributed by atoms with Crippen LogP contribution in [0.3, 0.4) is 0 Å². The molecule has 0 aliphatic carbocycles. The van der Waals surface area contributed by atoms with Crippen molar-refractivity contribution in [1.82, 2.24) is 10.9 Å². The number of amides is 3. The van der Waals surface area contributed by atoms with E-state index in [2.05, 4.69) is 16.2 Å². The highest BCUT2D eigenvalue weighted by Gasteiger charge is 2.06. The summed E-state index contributed by atoms with van der Waals surface area (Å²) in [6, 6.07) is 12.4. The minimum absolute atomic E-state index is 0.187. The summed E-state index contributed by atoms with van der Waals surface area (Å²) in [6.07, 6.45) is 0. The lowest BCUT2D eigenvalue weighted by atomic mass is 10.1. The molecule has 6 heteroatoms. The second-order valence-corrected chi connectivity index (χ2v) is 5.53. The fraction of sp³-hybridized carbons (Fsp3) is 0.222. The van der Waals surface area contributed by atoms with Crippen LogP contribution in [0.25, 0.3) is 0 Å². The molecule has 0 radical (unpaired) electrons. The standard InChI is InChI=1S/C18H21N3O3/c1-12-4-7-15(8-5-12)19-18(23)21-20-17(22)11-24-16-9-6-13(2)14(3)10-16/h4-10H,11H2,1-3H3,(H,20,22)(H2,19,21,23). The molecule has 0 unspecified atom stereocenters. The van der Waals surface area contributed by atoms with Crippen LogP contribution in [-0.2, 0) is 4.79 Å². The highest BCUT2D eigenvalue weighted by molar-refractivity contribution is 5.91. The lowest BCUT2D eigenvalue weighted by Gasteiger charge is -2.10. The van der Waals surface area contributed by atoms with E-state index >= 15 is 0 Å². The van der Waals surface area contributed by atoms with Crippen LogP contribution in [0.1, 0.15) is 16.7 Å². The van der Waals surface area contributed by atoms with Crippen molar-refractivity contribution in [2.75, 3.05) is 11.9 Å². The Morgan fingerprint density at radius 2 is 1.62 bits per heavy atom. The Labute approximate surface area is 141 Å². The van der Waals surface area contributed by atoms with Crippen LogP contribution in [0.15, 0.2) is 42.5 Å². The minimum Gasteiger partial charge on any atom is -0.484 e. The first kappa shape index (κ1) is 17.3. The molecular weight excluding hydrogens is 306 g/mol. The number of ether oxygens (including phenoxy) is 1. The summed E-state index contributed by atoms with van der Waals surface area (Å²) in [4.78, 5) is 23.4. The van der Waals surface area contributed by atoms with Gasteiger partial charge in [0.2, 0.25) is 0 Å². The third kappa shape index (κ3) is 5.31. The Balaban J connectivity index is 1.73. The van der Waals surface area contributed by atoms with Crippen LogP contribution >= 0.6 is 0 Å². The van der Waals surface area contributed by atoms with Crippen molar-refractivity contribution in [2.24, 2.45) is 0 Å². The van der Waals surface area contributed by atoms with E-state index in [1.165, 1.54) is 0 Å². The molecule has 0 fully saturated rings. The summed E-state index contributed by atoms with van der Waals surface area (Å²) in [5, 5.41) is 2.61. The van der Waals surface area contributed by atoms with Crippen molar-refractivity contribution in [3.05, 3.63) is 59.2 Å².